The SMILES string of the molecule is NC(=S)c1ccccc1S(=O)(=O)NCc1cccc(F)c1. The highest BCUT2D eigenvalue weighted by Crippen LogP contribution is 2.16. The number of sulfonamides is 1. The highest BCUT2D eigenvalue weighted by molar-refractivity contribution is 7.89. The van der Waals surface area contributed by atoms with E-state index >= 15 is 0 Å². The average molecular weight is 324 g/mol. The second-order valence-electron chi connectivity index (χ2n) is 4.31. The summed E-state index contributed by atoms with van der Waals surface area (Å²) >= 11 is 4.85. The zero-order valence-corrected chi connectivity index (χ0v) is 12.5. The highest BCUT2D eigenvalue weighted by atomic mass is 32.2. The molecule has 0 aliphatic rings. The van der Waals surface area contributed by atoms with E-state index in [0.29, 0.717) is 5.56 Å². The van der Waals surface area contributed by atoms with E-state index in [0.717, 1.165) is 0 Å². The molecule has 0 saturated heterocycles. The monoisotopic (exact) mass is 324 g/mol. The molecule has 0 heterocycles. The third-order valence-corrected chi connectivity index (χ3v) is 4.48. The van der Waals surface area contributed by atoms with Crippen LogP contribution in [-0.2, 0) is 16.6 Å². The van der Waals surface area contributed by atoms with E-state index in [1.807, 2.05) is 0 Å². The Morgan fingerprint density at radius 3 is 2.57 bits per heavy atom. The molecule has 0 fully saturated rings. The lowest BCUT2D eigenvalue weighted by molar-refractivity contribution is 0.580. The Morgan fingerprint density at radius 1 is 1.19 bits per heavy atom. The van der Waals surface area contributed by atoms with Gasteiger partial charge in [-0.3, -0.25) is 0 Å². The van der Waals surface area contributed by atoms with Gasteiger partial charge in [0.25, 0.3) is 0 Å². The third-order valence-electron chi connectivity index (χ3n) is 2.80. The van der Waals surface area contributed by atoms with E-state index in [-0.39, 0.29) is 22.0 Å². The van der Waals surface area contributed by atoms with Crippen molar-refractivity contribution in [3.8, 4) is 0 Å². The smallest absolute Gasteiger partial charge is 0.241 e. The van der Waals surface area contributed by atoms with E-state index in [1.165, 1.54) is 24.3 Å². The Hall–Kier alpha value is -1.83. The Bertz CT molecular complexity index is 776. The van der Waals surface area contributed by atoms with Crippen LogP contribution in [0.1, 0.15) is 11.1 Å². The van der Waals surface area contributed by atoms with Gasteiger partial charge < -0.3 is 5.73 Å². The Balaban J connectivity index is 2.25. The maximum atomic E-state index is 13.1. The van der Waals surface area contributed by atoms with Crippen LogP contribution >= 0.6 is 12.2 Å². The van der Waals surface area contributed by atoms with Crippen molar-refractivity contribution in [1.29, 1.82) is 0 Å². The highest BCUT2D eigenvalue weighted by Gasteiger charge is 2.19. The van der Waals surface area contributed by atoms with Crippen LogP contribution in [0.5, 0.6) is 0 Å². The molecule has 2 aromatic rings. The van der Waals surface area contributed by atoms with Gasteiger partial charge in [0.2, 0.25) is 10.0 Å². The molecule has 2 rings (SSSR count). The largest absolute Gasteiger partial charge is 0.389 e. The second-order valence-corrected chi connectivity index (χ2v) is 6.49. The number of thiocarbonyl (C=S) groups is 1. The molecule has 7 heteroatoms. The van der Waals surface area contributed by atoms with Crippen LogP contribution < -0.4 is 10.5 Å². The minimum absolute atomic E-state index is 0.00160. The van der Waals surface area contributed by atoms with Crippen molar-refractivity contribution in [3.63, 3.8) is 0 Å². The first-order valence-electron chi connectivity index (χ1n) is 6.03. The molecular weight excluding hydrogens is 311 g/mol. The summed E-state index contributed by atoms with van der Waals surface area (Å²) in [4.78, 5) is 0.00985. The lowest BCUT2D eigenvalue weighted by Crippen LogP contribution is -2.26. The molecule has 0 unspecified atom stereocenters. The van der Waals surface area contributed by atoms with Crippen molar-refractivity contribution in [2.24, 2.45) is 5.73 Å². The van der Waals surface area contributed by atoms with Crippen LogP contribution in [0.4, 0.5) is 4.39 Å². The summed E-state index contributed by atoms with van der Waals surface area (Å²) < 4.78 is 40.1. The van der Waals surface area contributed by atoms with E-state index in [1.54, 1.807) is 24.3 Å². The first-order chi connectivity index (χ1) is 9.90. The van der Waals surface area contributed by atoms with Gasteiger partial charge in [-0.15, -0.1) is 0 Å². The maximum absolute atomic E-state index is 13.1. The number of nitrogens with one attached hydrogen (secondary N) is 1. The molecule has 0 aliphatic heterocycles. The number of hydrogen-bond donors (Lipinski definition) is 2. The lowest BCUT2D eigenvalue weighted by Gasteiger charge is -2.10. The van der Waals surface area contributed by atoms with E-state index in [9.17, 15) is 12.8 Å². The summed E-state index contributed by atoms with van der Waals surface area (Å²) in [5.74, 6) is -0.421. The predicted molar refractivity (Wildman–Crippen MR) is 82.8 cm³/mol. The summed E-state index contributed by atoms with van der Waals surface area (Å²) in [6, 6.07) is 11.9. The fourth-order valence-electron chi connectivity index (χ4n) is 1.81. The summed E-state index contributed by atoms with van der Waals surface area (Å²) in [6.45, 7) is -0.0221. The molecule has 0 aliphatic carbocycles. The summed E-state index contributed by atoms with van der Waals surface area (Å²) in [5, 5.41) is 0. The van der Waals surface area contributed by atoms with Gasteiger partial charge in [0.1, 0.15) is 10.8 Å². The second kappa shape index (κ2) is 6.30. The number of benzene rings is 2. The quantitative estimate of drug-likeness (QED) is 0.825. The van der Waals surface area contributed by atoms with E-state index in [2.05, 4.69) is 4.72 Å². The summed E-state index contributed by atoms with van der Waals surface area (Å²) in [6.07, 6.45) is 0. The average Bonchev–Trinajstić information content (AvgIpc) is 2.45. The number of nitrogens with two attached hydrogens (primary N) is 1. The van der Waals surface area contributed by atoms with Crippen molar-refractivity contribution < 1.29 is 12.8 Å². The zero-order chi connectivity index (χ0) is 15.5. The molecule has 21 heavy (non-hydrogen) atoms. The van der Waals surface area contributed by atoms with Crippen molar-refractivity contribution in [3.05, 3.63) is 65.5 Å². The minimum Gasteiger partial charge on any atom is -0.389 e. The zero-order valence-electron chi connectivity index (χ0n) is 10.9. The summed E-state index contributed by atoms with van der Waals surface area (Å²) in [5.41, 5.74) is 6.32. The Kier molecular flexibility index (Phi) is 4.66. The number of rotatable bonds is 5. The first-order valence-corrected chi connectivity index (χ1v) is 7.92. The van der Waals surface area contributed by atoms with Crippen LogP contribution in [0.3, 0.4) is 0 Å². The predicted octanol–water partition coefficient (Wildman–Crippen LogP) is 1.94. The Morgan fingerprint density at radius 2 is 1.90 bits per heavy atom. The lowest BCUT2D eigenvalue weighted by atomic mass is 10.2. The number of halogens is 1. The van der Waals surface area contributed by atoms with Gasteiger partial charge in [0, 0.05) is 12.1 Å². The van der Waals surface area contributed by atoms with Crippen LogP contribution in [0.25, 0.3) is 0 Å². The summed E-state index contributed by atoms with van der Waals surface area (Å²) in [7, 11) is -3.79. The molecule has 0 bridgehead atoms. The van der Waals surface area contributed by atoms with Gasteiger partial charge in [-0.05, 0) is 23.8 Å². The van der Waals surface area contributed by atoms with Gasteiger partial charge in [-0.2, -0.15) is 0 Å². The van der Waals surface area contributed by atoms with Crippen molar-refractivity contribution in [2.75, 3.05) is 0 Å². The Labute approximate surface area is 127 Å². The molecule has 0 aromatic heterocycles. The fourth-order valence-corrected chi connectivity index (χ4v) is 3.29. The van der Waals surface area contributed by atoms with Gasteiger partial charge >= 0.3 is 0 Å². The molecule has 4 nitrogen and oxygen atoms in total. The number of hydrogen-bond acceptors (Lipinski definition) is 3. The maximum Gasteiger partial charge on any atom is 0.241 e. The molecule has 0 spiro atoms. The topological polar surface area (TPSA) is 72.2 Å². The molecule has 2 aromatic carbocycles. The van der Waals surface area contributed by atoms with Crippen LogP contribution in [0.15, 0.2) is 53.4 Å². The van der Waals surface area contributed by atoms with Gasteiger partial charge in [-0.1, -0.05) is 42.5 Å². The minimum atomic E-state index is -3.79. The van der Waals surface area contributed by atoms with E-state index in [4.69, 9.17) is 18.0 Å². The van der Waals surface area contributed by atoms with Crippen LogP contribution in [-0.4, -0.2) is 13.4 Å². The standard InChI is InChI=1S/C14H13FN2O2S2/c15-11-5-3-4-10(8-11)9-17-21(18,19)13-7-2-1-6-12(13)14(16)20/h1-8,17H,9H2,(H2,16,20). The normalized spacial score (nSPS) is 11.3. The van der Waals surface area contributed by atoms with Gasteiger partial charge in [-0.25, -0.2) is 17.5 Å². The molecule has 0 radical (unpaired) electrons. The van der Waals surface area contributed by atoms with Crippen LogP contribution in [0.2, 0.25) is 0 Å². The van der Waals surface area contributed by atoms with Crippen LogP contribution in [0, 0.1) is 5.82 Å². The molecule has 0 saturated carbocycles. The molecule has 3 N–H and O–H groups in total. The molecule has 110 valence electrons. The van der Waals surface area contributed by atoms with Crippen molar-refractivity contribution in [1.82, 2.24) is 4.72 Å². The van der Waals surface area contributed by atoms with E-state index < -0.39 is 15.8 Å². The van der Waals surface area contributed by atoms with Gasteiger partial charge in [0.15, 0.2) is 0 Å². The molecule has 0 amide bonds. The third kappa shape index (κ3) is 3.84. The first kappa shape index (κ1) is 15.6. The van der Waals surface area contributed by atoms with Gasteiger partial charge in [0.05, 0.1) is 4.90 Å². The fraction of sp³-hybridized carbons (Fsp3) is 0.0714. The van der Waals surface area contributed by atoms with Crippen molar-refractivity contribution in [2.45, 2.75) is 11.4 Å². The molecule has 0 atom stereocenters. The van der Waals surface area contributed by atoms with Crippen molar-refractivity contribution >= 4 is 27.2 Å². The molecular formula is C14H13FN2O2S2.